The van der Waals surface area contributed by atoms with Crippen molar-refractivity contribution in [2.24, 2.45) is 5.10 Å². The molecule has 0 aliphatic rings. The SMILES string of the molecule is CCOc1ccc(S(=O)(=O)N/N=C(/C)c2ccc(N)cc2)cc1. The van der Waals surface area contributed by atoms with Crippen LogP contribution in [-0.2, 0) is 10.0 Å². The minimum atomic E-state index is -3.72. The number of nitrogen functional groups attached to an aromatic ring is 1. The fourth-order valence-electron chi connectivity index (χ4n) is 1.85. The lowest BCUT2D eigenvalue weighted by Gasteiger charge is -2.07. The maximum absolute atomic E-state index is 12.2. The zero-order valence-electron chi connectivity index (χ0n) is 13.0. The van der Waals surface area contributed by atoms with Crippen molar-refractivity contribution >= 4 is 21.4 Å². The van der Waals surface area contributed by atoms with Crippen LogP contribution in [0.15, 0.2) is 58.5 Å². The van der Waals surface area contributed by atoms with Gasteiger partial charge in [0, 0.05) is 5.69 Å². The minimum Gasteiger partial charge on any atom is -0.494 e. The number of rotatable bonds is 6. The lowest BCUT2D eigenvalue weighted by molar-refractivity contribution is 0.340. The maximum atomic E-state index is 12.2. The van der Waals surface area contributed by atoms with Crippen LogP contribution >= 0.6 is 0 Å². The Morgan fingerprint density at radius 2 is 1.74 bits per heavy atom. The second kappa shape index (κ2) is 7.15. The Bertz CT molecular complexity index is 782. The zero-order chi connectivity index (χ0) is 16.9. The summed E-state index contributed by atoms with van der Waals surface area (Å²) >= 11 is 0. The highest BCUT2D eigenvalue weighted by Gasteiger charge is 2.13. The molecule has 0 unspecified atom stereocenters. The van der Waals surface area contributed by atoms with Crippen LogP contribution in [0.1, 0.15) is 19.4 Å². The molecule has 0 saturated carbocycles. The van der Waals surface area contributed by atoms with Crippen molar-refractivity contribution in [3.8, 4) is 5.75 Å². The Balaban J connectivity index is 2.14. The third-order valence-electron chi connectivity index (χ3n) is 3.11. The van der Waals surface area contributed by atoms with E-state index in [0.717, 1.165) is 5.56 Å². The van der Waals surface area contributed by atoms with Crippen LogP contribution in [0.25, 0.3) is 0 Å². The van der Waals surface area contributed by atoms with Gasteiger partial charge in [0.25, 0.3) is 10.0 Å². The van der Waals surface area contributed by atoms with Crippen LogP contribution in [0.5, 0.6) is 5.75 Å². The molecule has 23 heavy (non-hydrogen) atoms. The molecule has 122 valence electrons. The summed E-state index contributed by atoms with van der Waals surface area (Å²) in [6.07, 6.45) is 0. The topological polar surface area (TPSA) is 93.8 Å². The molecule has 0 aliphatic heterocycles. The summed E-state index contributed by atoms with van der Waals surface area (Å²) in [4.78, 5) is 2.35. The summed E-state index contributed by atoms with van der Waals surface area (Å²) in [5, 5.41) is 3.94. The van der Waals surface area contributed by atoms with Crippen LogP contribution in [0.4, 0.5) is 5.69 Å². The zero-order valence-corrected chi connectivity index (χ0v) is 13.8. The van der Waals surface area contributed by atoms with Crippen LogP contribution in [0.3, 0.4) is 0 Å². The predicted octanol–water partition coefficient (Wildman–Crippen LogP) is 2.37. The van der Waals surface area contributed by atoms with Crippen LogP contribution in [0.2, 0.25) is 0 Å². The molecule has 0 atom stereocenters. The van der Waals surface area contributed by atoms with Gasteiger partial charge in [0.05, 0.1) is 17.2 Å². The molecule has 0 fully saturated rings. The van der Waals surface area contributed by atoms with Crippen LogP contribution in [-0.4, -0.2) is 20.7 Å². The van der Waals surface area contributed by atoms with Gasteiger partial charge >= 0.3 is 0 Å². The van der Waals surface area contributed by atoms with Crippen molar-refractivity contribution in [1.29, 1.82) is 0 Å². The molecule has 6 nitrogen and oxygen atoms in total. The highest BCUT2D eigenvalue weighted by atomic mass is 32.2. The van der Waals surface area contributed by atoms with E-state index in [1.54, 1.807) is 43.3 Å². The van der Waals surface area contributed by atoms with E-state index >= 15 is 0 Å². The van der Waals surface area contributed by atoms with Crippen molar-refractivity contribution in [2.45, 2.75) is 18.7 Å². The van der Waals surface area contributed by atoms with Crippen molar-refractivity contribution in [1.82, 2.24) is 4.83 Å². The minimum absolute atomic E-state index is 0.120. The Morgan fingerprint density at radius 1 is 1.13 bits per heavy atom. The third kappa shape index (κ3) is 4.46. The van der Waals surface area contributed by atoms with Crippen molar-refractivity contribution in [3.05, 3.63) is 54.1 Å². The number of sulfonamides is 1. The average Bonchev–Trinajstić information content (AvgIpc) is 2.54. The quantitative estimate of drug-likeness (QED) is 0.482. The Kier molecular flexibility index (Phi) is 5.23. The highest BCUT2D eigenvalue weighted by molar-refractivity contribution is 7.89. The molecule has 0 spiro atoms. The predicted molar refractivity (Wildman–Crippen MR) is 91.0 cm³/mol. The smallest absolute Gasteiger partial charge is 0.276 e. The van der Waals surface area contributed by atoms with Gasteiger partial charge in [0.1, 0.15) is 5.75 Å². The van der Waals surface area contributed by atoms with E-state index in [9.17, 15) is 8.42 Å². The van der Waals surface area contributed by atoms with Gasteiger partial charge < -0.3 is 10.5 Å². The van der Waals surface area contributed by atoms with Gasteiger partial charge in [-0.2, -0.15) is 18.4 Å². The number of hydrazone groups is 1. The summed E-state index contributed by atoms with van der Waals surface area (Å²) < 4.78 is 29.7. The van der Waals surface area contributed by atoms with Crippen molar-refractivity contribution in [3.63, 3.8) is 0 Å². The van der Waals surface area contributed by atoms with Crippen molar-refractivity contribution in [2.75, 3.05) is 12.3 Å². The van der Waals surface area contributed by atoms with Gasteiger partial charge in [-0.15, -0.1) is 0 Å². The van der Waals surface area contributed by atoms with E-state index in [-0.39, 0.29) is 4.90 Å². The lowest BCUT2D eigenvalue weighted by Crippen LogP contribution is -2.20. The molecule has 0 aliphatic carbocycles. The summed E-state index contributed by atoms with van der Waals surface area (Å²) in [5.41, 5.74) is 7.58. The molecule has 2 aromatic carbocycles. The standard InChI is InChI=1S/C16H19N3O3S/c1-3-22-15-8-10-16(11-9-15)23(20,21)19-18-12(2)13-4-6-14(17)7-5-13/h4-11,19H,3,17H2,1-2H3/b18-12-. The molecule has 3 N–H and O–H groups in total. The normalized spacial score (nSPS) is 12.0. The number of ether oxygens (including phenoxy) is 1. The molecule has 7 heteroatoms. The molecule has 0 saturated heterocycles. The van der Waals surface area contributed by atoms with E-state index in [1.807, 2.05) is 6.92 Å². The molecule has 0 heterocycles. The first-order valence-electron chi connectivity index (χ1n) is 7.07. The van der Waals surface area contributed by atoms with Crippen LogP contribution in [0, 0.1) is 0 Å². The largest absolute Gasteiger partial charge is 0.494 e. The Hall–Kier alpha value is -2.54. The van der Waals surface area contributed by atoms with E-state index in [0.29, 0.717) is 23.8 Å². The molecule has 0 aromatic heterocycles. The highest BCUT2D eigenvalue weighted by Crippen LogP contribution is 2.16. The number of hydrogen-bond acceptors (Lipinski definition) is 5. The molecular formula is C16H19N3O3S. The second-order valence-corrected chi connectivity index (χ2v) is 6.48. The van der Waals surface area contributed by atoms with Gasteiger partial charge in [-0.25, -0.2) is 0 Å². The molecule has 0 bridgehead atoms. The van der Waals surface area contributed by atoms with E-state index < -0.39 is 10.0 Å². The van der Waals surface area contributed by atoms with Crippen molar-refractivity contribution < 1.29 is 13.2 Å². The Morgan fingerprint density at radius 3 is 2.30 bits per heavy atom. The Labute approximate surface area is 136 Å². The fourth-order valence-corrected chi connectivity index (χ4v) is 2.71. The van der Waals surface area contributed by atoms with E-state index in [1.165, 1.54) is 12.1 Å². The summed E-state index contributed by atoms with van der Waals surface area (Å²) in [6.45, 7) is 4.10. The lowest BCUT2D eigenvalue weighted by atomic mass is 10.1. The first-order valence-corrected chi connectivity index (χ1v) is 8.55. The number of nitrogens with one attached hydrogen (secondary N) is 1. The first kappa shape index (κ1) is 16.8. The summed E-state index contributed by atoms with van der Waals surface area (Å²) in [7, 11) is -3.72. The van der Waals surface area contributed by atoms with Crippen LogP contribution < -0.4 is 15.3 Å². The van der Waals surface area contributed by atoms with Gasteiger partial charge in [0.15, 0.2) is 0 Å². The molecule has 0 amide bonds. The molecular weight excluding hydrogens is 314 g/mol. The van der Waals surface area contributed by atoms with Gasteiger partial charge in [-0.3, -0.25) is 0 Å². The number of nitrogens with two attached hydrogens (primary N) is 1. The second-order valence-electron chi connectivity index (χ2n) is 4.82. The van der Waals surface area contributed by atoms with E-state index in [4.69, 9.17) is 10.5 Å². The summed E-state index contributed by atoms with van der Waals surface area (Å²) in [5.74, 6) is 0.619. The number of benzene rings is 2. The third-order valence-corrected chi connectivity index (χ3v) is 4.33. The first-order chi connectivity index (χ1) is 10.9. The van der Waals surface area contributed by atoms with E-state index in [2.05, 4.69) is 9.93 Å². The number of nitrogens with zero attached hydrogens (tertiary/aromatic N) is 1. The van der Waals surface area contributed by atoms with Gasteiger partial charge in [-0.1, -0.05) is 12.1 Å². The monoisotopic (exact) mass is 333 g/mol. The fraction of sp³-hybridized carbons (Fsp3) is 0.188. The number of hydrogen-bond donors (Lipinski definition) is 2. The number of anilines is 1. The van der Waals surface area contributed by atoms with Gasteiger partial charge in [0.2, 0.25) is 0 Å². The summed E-state index contributed by atoms with van der Waals surface area (Å²) in [6, 6.07) is 13.2. The molecule has 2 rings (SSSR count). The van der Waals surface area contributed by atoms with Gasteiger partial charge in [-0.05, 0) is 55.8 Å². The maximum Gasteiger partial charge on any atom is 0.276 e. The molecule has 0 radical (unpaired) electrons. The average molecular weight is 333 g/mol. The molecule has 2 aromatic rings.